The number of halogens is 3. The lowest BCUT2D eigenvalue weighted by molar-refractivity contribution is -0.146. The molecule has 1 N–H and O–H groups in total. The second kappa shape index (κ2) is 7.06. The minimum Gasteiger partial charge on any atom is -0.393 e. The molecular formula is C10H20F3NO. The summed E-state index contributed by atoms with van der Waals surface area (Å²) in [5, 5.41) is 8.99. The largest absolute Gasteiger partial charge is 0.401 e. The van der Waals surface area contributed by atoms with Gasteiger partial charge in [0.05, 0.1) is 12.6 Å². The molecule has 0 aromatic heterocycles. The maximum atomic E-state index is 12.1. The first-order chi connectivity index (χ1) is 6.85. The first-order valence-electron chi connectivity index (χ1n) is 5.32. The highest BCUT2D eigenvalue weighted by Crippen LogP contribution is 2.17. The molecule has 0 aliphatic carbocycles. The van der Waals surface area contributed by atoms with Crippen LogP contribution in [0.2, 0.25) is 0 Å². The van der Waals surface area contributed by atoms with Gasteiger partial charge in [-0.25, -0.2) is 0 Å². The van der Waals surface area contributed by atoms with E-state index in [4.69, 9.17) is 5.11 Å². The molecule has 0 aliphatic heterocycles. The maximum absolute atomic E-state index is 12.1. The van der Waals surface area contributed by atoms with Crippen molar-refractivity contribution in [1.82, 2.24) is 4.90 Å². The maximum Gasteiger partial charge on any atom is 0.401 e. The molecule has 0 aliphatic rings. The molecule has 1 unspecified atom stereocenters. The van der Waals surface area contributed by atoms with Crippen molar-refractivity contribution in [3.63, 3.8) is 0 Å². The van der Waals surface area contributed by atoms with E-state index < -0.39 is 18.8 Å². The topological polar surface area (TPSA) is 23.5 Å². The molecule has 92 valence electrons. The Morgan fingerprint density at radius 1 is 1.27 bits per heavy atom. The van der Waals surface area contributed by atoms with Crippen LogP contribution in [0.1, 0.15) is 33.1 Å². The van der Waals surface area contributed by atoms with Crippen LogP contribution in [-0.2, 0) is 0 Å². The third-order valence-electron chi connectivity index (χ3n) is 2.04. The van der Waals surface area contributed by atoms with E-state index in [1.54, 1.807) is 6.92 Å². The van der Waals surface area contributed by atoms with Crippen molar-refractivity contribution in [3.8, 4) is 0 Å². The van der Waals surface area contributed by atoms with E-state index in [1.807, 2.05) is 6.92 Å². The Morgan fingerprint density at radius 3 is 2.27 bits per heavy atom. The lowest BCUT2D eigenvalue weighted by Gasteiger charge is -2.23. The predicted molar refractivity (Wildman–Crippen MR) is 53.7 cm³/mol. The average molecular weight is 227 g/mol. The van der Waals surface area contributed by atoms with Gasteiger partial charge in [0.25, 0.3) is 0 Å². The van der Waals surface area contributed by atoms with Crippen LogP contribution >= 0.6 is 0 Å². The van der Waals surface area contributed by atoms with Crippen LogP contribution in [0.15, 0.2) is 0 Å². The SMILES string of the molecule is CCCN(CCCC(C)O)CC(F)(F)F. The zero-order chi connectivity index (χ0) is 11.9. The molecule has 5 heteroatoms. The van der Waals surface area contributed by atoms with Gasteiger partial charge in [0.2, 0.25) is 0 Å². The minimum atomic E-state index is -4.12. The van der Waals surface area contributed by atoms with E-state index in [0.717, 1.165) is 0 Å². The standard InChI is InChI=1S/C10H20F3NO/c1-3-6-14(8-10(11,12)13)7-4-5-9(2)15/h9,15H,3-8H2,1-2H3. The molecule has 0 aromatic rings. The number of alkyl halides is 3. The lowest BCUT2D eigenvalue weighted by Crippen LogP contribution is -2.35. The lowest BCUT2D eigenvalue weighted by atomic mass is 10.2. The molecule has 0 bridgehead atoms. The van der Waals surface area contributed by atoms with Crippen LogP contribution in [0, 0.1) is 0 Å². The Labute approximate surface area is 89.1 Å². The van der Waals surface area contributed by atoms with Crippen molar-refractivity contribution in [1.29, 1.82) is 0 Å². The zero-order valence-electron chi connectivity index (χ0n) is 9.35. The van der Waals surface area contributed by atoms with Crippen molar-refractivity contribution in [3.05, 3.63) is 0 Å². The average Bonchev–Trinajstić information content (AvgIpc) is 2.00. The van der Waals surface area contributed by atoms with Crippen LogP contribution in [0.5, 0.6) is 0 Å². The highest BCUT2D eigenvalue weighted by Gasteiger charge is 2.29. The van der Waals surface area contributed by atoms with Crippen LogP contribution < -0.4 is 0 Å². The van der Waals surface area contributed by atoms with Gasteiger partial charge in [0.15, 0.2) is 0 Å². The van der Waals surface area contributed by atoms with E-state index in [1.165, 1.54) is 4.90 Å². The fraction of sp³-hybridized carbons (Fsp3) is 1.00. The molecule has 2 nitrogen and oxygen atoms in total. The van der Waals surface area contributed by atoms with Crippen LogP contribution in [-0.4, -0.2) is 41.9 Å². The smallest absolute Gasteiger partial charge is 0.393 e. The summed E-state index contributed by atoms with van der Waals surface area (Å²) in [5.41, 5.74) is 0. The zero-order valence-corrected chi connectivity index (χ0v) is 9.35. The Balaban J connectivity index is 3.83. The highest BCUT2D eigenvalue weighted by atomic mass is 19.4. The second-order valence-corrected chi connectivity index (χ2v) is 3.88. The van der Waals surface area contributed by atoms with Gasteiger partial charge >= 0.3 is 6.18 Å². The van der Waals surface area contributed by atoms with E-state index in [-0.39, 0.29) is 0 Å². The van der Waals surface area contributed by atoms with Gasteiger partial charge in [0.1, 0.15) is 0 Å². The summed E-state index contributed by atoms with van der Waals surface area (Å²) in [5.74, 6) is 0. The Kier molecular flexibility index (Phi) is 6.92. The van der Waals surface area contributed by atoms with Crippen molar-refractivity contribution in [2.75, 3.05) is 19.6 Å². The molecule has 1 atom stereocenters. The molecular weight excluding hydrogens is 207 g/mol. The molecule has 0 heterocycles. The number of hydrogen-bond acceptors (Lipinski definition) is 2. The monoisotopic (exact) mass is 227 g/mol. The summed E-state index contributed by atoms with van der Waals surface area (Å²) in [6.45, 7) is 3.52. The van der Waals surface area contributed by atoms with Crippen LogP contribution in [0.4, 0.5) is 13.2 Å². The normalized spacial score (nSPS) is 14.6. The molecule has 0 rings (SSSR count). The quantitative estimate of drug-likeness (QED) is 0.722. The van der Waals surface area contributed by atoms with Crippen molar-refractivity contribution in [2.45, 2.75) is 45.4 Å². The summed E-state index contributed by atoms with van der Waals surface area (Å²) in [6, 6.07) is 0. The minimum absolute atomic E-state index is 0.401. The molecule has 0 fully saturated rings. The van der Waals surface area contributed by atoms with E-state index in [0.29, 0.717) is 32.4 Å². The number of rotatable bonds is 7. The van der Waals surface area contributed by atoms with E-state index >= 15 is 0 Å². The van der Waals surface area contributed by atoms with Gasteiger partial charge in [-0.3, -0.25) is 4.90 Å². The van der Waals surface area contributed by atoms with Gasteiger partial charge < -0.3 is 5.11 Å². The summed E-state index contributed by atoms with van der Waals surface area (Å²) < 4.78 is 36.4. The van der Waals surface area contributed by atoms with E-state index in [9.17, 15) is 13.2 Å². The van der Waals surface area contributed by atoms with Gasteiger partial charge in [-0.2, -0.15) is 13.2 Å². The fourth-order valence-corrected chi connectivity index (χ4v) is 1.45. The number of aliphatic hydroxyl groups excluding tert-OH is 1. The summed E-state index contributed by atoms with van der Waals surface area (Å²) in [7, 11) is 0. The predicted octanol–water partition coefficient (Wildman–Crippen LogP) is 2.42. The number of hydrogen-bond donors (Lipinski definition) is 1. The third-order valence-corrected chi connectivity index (χ3v) is 2.04. The van der Waals surface area contributed by atoms with Gasteiger partial charge in [-0.15, -0.1) is 0 Å². The molecule has 0 spiro atoms. The molecule has 0 saturated carbocycles. The molecule has 15 heavy (non-hydrogen) atoms. The molecule has 0 radical (unpaired) electrons. The van der Waals surface area contributed by atoms with Crippen LogP contribution in [0.3, 0.4) is 0 Å². The third kappa shape index (κ3) is 10.0. The fourth-order valence-electron chi connectivity index (χ4n) is 1.45. The van der Waals surface area contributed by atoms with Crippen molar-refractivity contribution < 1.29 is 18.3 Å². The number of aliphatic hydroxyl groups is 1. The van der Waals surface area contributed by atoms with Gasteiger partial charge in [-0.05, 0) is 39.3 Å². The first kappa shape index (κ1) is 14.7. The Bertz CT molecular complexity index is 159. The molecule has 0 amide bonds. The highest BCUT2D eigenvalue weighted by molar-refractivity contribution is 4.63. The number of nitrogens with zero attached hydrogens (tertiary/aromatic N) is 1. The van der Waals surface area contributed by atoms with E-state index in [2.05, 4.69) is 0 Å². The summed E-state index contributed by atoms with van der Waals surface area (Å²) >= 11 is 0. The molecule has 0 aromatic carbocycles. The van der Waals surface area contributed by atoms with Gasteiger partial charge in [-0.1, -0.05) is 6.92 Å². The second-order valence-electron chi connectivity index (χ2n) is 3.88. The van der Waals surface area contributed by atoms with Crippen molar-refractivity contribution in [2.24, 2.45) is 0 Å². The summed E-state index contributed by atoms with van der Waals surface area (Å²) in [6.07, 6.45) is -2.68. The summed E-state index contributed by atoms with van der Waals surface area (Å²) in [4.78, 5) is 1.39. The van der Waals surface area contributed by atoms with Gasteiger partial charge in [0, 0.05) is 0 Å². The first-order valence-corrected chi connectivity index (χ1v) is 5.32. The van der Waals surface area contributed by atoms with Crippen LogP contribution in [0.25, 0.3) is 0 Å². The molecule has 0 saturated heterocycles. The Hall–Kier alpha value is -0.290. The Morgan fingerprint density at radius 2 is 1.87 bits per heavy atom. The van der Waals surface area contributed by atoms with Crippen molar-refractivity contribution >= 4 is 0 Å².